The van der Waals surface area contributed by atoms with Crippen molar-refractivity contribution in [1.29, 1.82) is 0 Å². The van der Waals surface area contributed by atoms with Gasteiger partial charge < -0.3 is 4.57 Å². The zero-order chi connectivity index (χ0) is 11.2. The third-order valence-electron chi connectivity index (χ3n) is 2.45. The van der Waals surface area contributed by atoms with Gasteiger partial charge in [0, 0.05) is 12.7 Å². The third kappa shape index (κ3) is 1.56. The second-order valence-electron chi connectivity index (χ2n) is 3.78. The largest absolute Gasteiger partial charge is 0.331 e. The highest BCUT2D eigenvalue weighted by Gasteiger charge is 2.18. The molecule has 0 saturated heterocycles. The number of hydrogen-bond acceptors (Lipinski definition) is 2. The summed E-state index contributed by atoms with van der Waals surface area (Å²) in [5.74, 6) is 0.412. The maximum Gasteiger partial charge on any atom is 0.146 e. The summed E-state index contributed by atoms with van der Waals surface area (Å²) in [4.78, 5) is 8.24. The zero-order valence-corrected chi connectivity index (χ0v) is 11.1. The average molecular weight is 289 g/mol. The Bertz CT molecular complexity index is 519. The van der Waals surface area contributed by atoms with Gasteiger partial charge in [-0.05, 0) is 21.8 Å². The molecule has 15 heavy (non-hydrogen) atoms. The van der Waals surface area contributed by atoms with Crippen molar-refractivity contribution in [2.45, 2.75) is 19.8 Å². The fraction of sp³-hybridized carbons (Fsp3) is 0.400. The fourth-order valence-corrected chi connectivity index (χ4v) is 3.25. The standard InChI is InChI=1S/C10H11BrClN3/c1-5(2)8-7(11)6-9(12)13-4-14-10(6)15(8)3/h4-5H,1-3H3. The first-order valence-corrected chi connectivity index (χ1v) is 5.85. The summed E-state index contributed by atoms with van der Waals surface area (Å²) in [6.07, 6.45) is 1.49. The van der Waals surface area contributed by atoms with E-state index in [9.17, 15) is 0 Å². The molecule has 0 N–H and O–H groups in total. The van der Waals surface area contributed by atoms with Gasteiger partial charge in [0.25, 0.3) is 0 Å². The van der Waals surface area contributed by atoms with Crippen LogP contribution in [0.25, 0.3) is 11.0 Å². The molecule has 0 bridgehead atoms. The Hall–Kier alpha value is -0.610. The van der Waals surface area contributed by atoms with Crippen molar-refractivity contribution in [3.05, 3.63) is 21.6 Å². The summed E-state index contributed by atoms with van der Waals surface area (Å²) in [5, 5.41) is 1.39. The van der Waals surface area contributed by atoms with Crippen molar-refractivity contribution in [1.82, 2.24) is 14.5 Å². The van der Waals surface area contributed by atoms with Crippen LogP contribution >= 0.6 is 27.5 Å². The van der Waals surface area contributed by atoms with Crippen LogP contribution in [-0.4, -0.2) is 14.5 Å². The van der Waals surface area contributed by atoms with E-state index in [1.807, 2.05) is 7.05 Å². The van der Waals surface area contributed by atoms with Gasteiger partial charge in [0.05, 0.1) is 9.86 Å². The molecule has 80 valence electrons. The predicted octanol–water partition coefficient (Wildman–Crippen LogP) is 3.51. The summed E-state index contributed by atoms with van der Waals surface area (Å²) < 4.78 is 3.05. The second-order valence-corrected chi connectivity index (χ2v) is 4.93. The first-order chi connectivity index (χ1) is 7.04. The Labute approximate surface area is 102 Å². The van der Waals surface area contributed by atoms with Gasteiger partial charge in [-0.1, -0.05) is 25.4 Å². The molecule has 0 amide bonds. The Morgan fingerprint density at radius 2 is 2.07 bits per heavy atom. The molecule has 0 aliphatic heterocycles. The maximum absolute atomic E-state index is 6.06. The summed E-state index contributed by atoms with van der Waals surface area (Å²) in [7, 11) is 1.99. The third-order valence-corrected chi connectivity index (χ3v) is 3.54. The molecule has 0 aromatic carbocycles. The molecule has 0 unspecified atom stereocenters. The van der Waals surface area contributed by atoms with E-state index < -0.39 is 0 Å². The molecule has 3 nitrogen and oxygen atoms in total. The Morgan fingerprint density at radius 1 is 1.40 bits per heavy atom. The number of nitrogens with zero attached hydrogens (tertiary/aromatic N) is 3. The van der Waals surface area contributed by atoms with Crippen molar-refractivity contribution >= 4 is 38.6 Å². The van der Waals surface area contributed by atoms with Crippen LogP contribution in [0.2, 0.25) is 5.15 Å². The number of aromatic nitrogens is 3. The van der Waals surface area contributed by atoms with Crippen LogP contribution in [0.1, 0.15) is 25.5 Å². The van der Waals surface area contributed by atoms with Gasteiger partial charge in [-0.2, -0.15) is 0 Å². The molecule has 0 aliphatic rings. The van der Waals surface area contributed by atoms with Gasteiger partial charge in [-0.15, -0.1) is 0 Å². The molecular formula is C10H11BrClN3. The lowest BCUT2D eigenvalue weighted by molar-refractivity contribution is 0.746. The molecule has 2 rings (SSSR count). The Morgan fingerprint density at radius 3 is 2.60 bits per heavy atom. The number of hydrogen-bond donors (Lipinski definition) is 0. The molecule has 2 aromatic heterocycles. The normalized spacial score (nSPS) is 11.6. The summed E-state index contributed by atoms with van der Waals surface area (Å²) >= 11 is 9.63. The fourth-order valence-electron chi connectivity index (χ4n) is 1.83. The monoisotopic (exact) mass is 287 g/mol. The summed E-state index contributed by atoms with van der Waals surface area (Å²) in [6.45, 7) is 4.28. The van der Waals surface area contributed by atoms with E-state index in [1.165, 1.54) is 12.0 Å². The second kappa shape index (κ2) is 3.76. The lowest BCUT2D eigenvalue weighted by Gasteiger charge is -2.07. The van der Waals surface area contributed by atoms with Gasteiger partial charge in [0.15, 0.2) is 0 Å². The van der Waals surface area contributed by atoms with E-state index in [2.05, 4.69) is 44.3 Å². The van der Waals surface area contributed by atoms with Gasteiger partial charge in [0.2, 0.25) is 0 Å². The van der Waals surface area contributed by atoms with E-state index in [4.69, 9.17) is 11.6 Å². The molecule has 2 heterocycles. The smallest absolute Gasteiger partial charge is 0.146 e. The van der Waals surface area contributed by atoms with Crippen LogP contribution in [0, 0.1) is 0 Å². The first-order valence-electron chi connectivity index (χ1n) is 4.68. The number of fused-ring (bicyclic) bond motifs is 1. The van der Waals surface area contributed by atoms with Crippen molar-refractivity contribution in [3.8, 4) is 0 Å². The molecular weight excluding hydrogens is 277 g/mol. The molecule has 5 heteroatoms. The molecule has 0 radical (unpaired) electrons. The van der Waals surface area contributed by atoms with Crippen molar-refractivity contribution in [2.24, 2.45) is 7.05 Å². The molecule has 0 fully saturated rings. The van der Waals surface area contributed by atoms with Crippen LogP contribution in [0.15, 0.2) is 10.8 Å². The molecule has 0 saturated carbocycles. The van der Waals surface area contributed by atoms with Crippen molar-refractivity contribution in [2.75, 3.05) is 0 Å². The van der Waals surface area contributed by atoms with Gasteiger partial charge in [-0.3, -0.25) is 0 Å². The molecule has 2 aromatic rings. The summed E-state index contributed by atoms with van der Waals surface area (Å²) in [6, 6.07) is 0. The van der Waals surface area contributed by atoms with E-state index in [0.29, 0.717) is 11.1 Å². The topological polar surface area (TPSA) is 30.7 Å². The Balaban J connectivity index is 2.92. The average Bonchev–Trinajstić information content (AvgIpc) is 2.40. The van der Waals surface area contributed by atoms with Crippen LogP contribution in [0.4, 0.5) is 0 Å². The number of rotatable bonds is 1. The van der Waals surface area contributed by atoms with Crippen LogP contribution < -0.4 is 0 Å². The van der Waals surface area contributed by atoms with Gasteiger partial charge in [0.1, 0.15) is 17.1 Å². The number of halogens is 2. The predicted molar refractivity (Wildman–Crippen MR) is 65.3 cm³/mol. The maximum atomic E-state index is 6.06. The highest BCUT2D eigenvalue weighted by atomic mass is 79.9. The van der Waals surface area contributed by atoms with E-state index in [1.54, 1.807) is 0 Å². The minimum absolute atomic E-state index is 0.412. The minimum Gasteiger partial charge on any atom is -0.331 e. The van der Waals surface area contributed by atoms with E-state index in [-0.39, 0.29) is 0 Å². The number of aryl methyl sites for hydroxylation is 1. The molecule has 0 atom stereocenters. The van der Waals surface area contributed by atoms with Crippen molar-refractivity contribution < 1.29 is 0 Å². The zero-order valence-electron chi connectivity index (χ0n) is 8.75. The van der Waals surface area contributed by atoms with E-state index >= 15 is 0 Å². The first kappa shape index (κ1) is 10.9. The molecule has 0 aliphatic carbocycles. The lowest BCUT2D eigenvalue weighted by Crippen LogP contribution is -1.99. The lowest BCUT2D eigenvalue weighted by atomic mass is 10.1. The van der Waals surface area contributed by atoms with Gasteiger partial charge in [-0.25, -0.2) is 9.97 Å². The van der Waals surface area contributed by atoms with Crippen LogP contribution in [0.3, 0.4) is 0 Å². The quantitative estimate of drug-likeness (QED) is 0.752. The molecule has 0 spiro atoms. The van der Waals surface area contributed by atoms with E-state index in [0.717, 1.165) is 15.5 Å². The van der Waals surface area contributed by atoms with Crippen molar-refractivity contribution in [3.63, 3.8) is 0 Å². The SMILES string of the molecule is CC(C)c1c(Br)c2c(Cl)ncnc2n1C. The Kier molecular flexibility index (Phi) is 2.73. The summed E-state index contributed by atoms with van der Waals surface area (Å²) in [5.41, 5.74) is 2.05. The van der Waals surface area contributed by atoms with Crippen LogP contribution in [0.5, 0.6) is 0 Å². The highest BCUT2D eigenvalue weighted by molar-refractivity contribution is 9.10. The minimum atomic E-state index is 0.412. The van der Waals surface area contributed by atoms with Crippen LogP contribution in [-0.2, 0) is 7.05 Å². The highest BCUT2D eigenvalue weighted by Crippen LogP contribution is 2.36. The van der Waals surface area contributed by atoms with Gasteiger partial charge >= 0.3 is 0 Å².